The van der Waals surface area contributed by atoms with Crippen LogP contribution >= 0.6 is 0 Å². The van der Waals surface area contributed by atoms with Crippen LogP contribution < -0.4 is 0 Å². The average molecular weight is 384 g/mol. The second-order valence-electron chi connectivity index (χ2n) is 7.14. The zero-order chi connectivity index (χ0) is 20.5. The molecular formula is C25H21FN2O. The van der Waals surface area contributed by atoms with Crippen molar-refractivity contribution in [1.82, 2.24) is 9.97 Å². The summed E-state index contributed by atoms with van der Waals surface area (Å²) < 4.78 is 14.7. The SMILES string of the molecule is CCC(=O)c1cc(-c2ccccc2F)c2c(C)c(-c3ccncc3)c(C)cc2n1. The smallest absolute Gasteiger partial charge is 0.180 e. The standard InChI is InChI=1S/C25H21FN2O/c1-4-23(29)21-14-19(18-7-5-6-8-20(18)26)25-16(3)24(15(2)13-22(25)28-21)17-9-11-27-12-10-17/h5-14H,4H2,1-3H3. The van der Waals surface area contributed by atoms with Crippen LogP contribution in [0.15, 0.2) is 60.9 Å². The number of carbonyl (C=O) groups is 1. The topological polar surface area (TPSA) is 42.9 Å². The van der Waals surface area contributed by atoms with Gasteiger partial charge < -0.3 is 0 Å². The molecule has 3 nitrogen and oxygen atoms in total. The van der Waals surface area contributed by atoms with Crippen LogP contribution in [0, 0.1) is 19.7 Å². The minimum absolute atomic E-state index is 0.0574. The number of hydrogen-bond donors (Lipinski definition) is 0. The summed E-state index contributed by atoms with van der Waals surface area (Å²) in [5, 5.41) is 0.861. The number of Topliss-reactive ketones (excluding diaryl/α,β-unsaturated/α-hetero) is 1. The molecule has 2 heterocycles. The summed E-state index contributed by atoms with van der Waals surface area (Å²) in [6.45, 7) is 5.86. The van der Waals surface area contributed by atoms with Crippen molar-refractivity contribution in [3.63, 3.8) is 0 Å². The van der Waals surface area contributed by atoms with E-state index < -0.39 is 0 Å². The molecule has 0 spiro atoms. The Hall–Kier alpha value is -3.40. The predicted octanol–water partition coefficient (Wildman–Crippen LogP) is 6.31. The van der Waals surface area contributed by atoms with E-state index in [4.69, 9.17) is 0 Å². The third kappa shape index (κ3) is 3.31. The lowest BCUT2D eigenvalue weighted by molar-refractivity contribution is 0.0984. The van der Waals surface area contributed by atoms with Gasteiger partial charge in [0, 0.05) is 29.8 Å². The third-order valence-electron chi connectivity index (χ3n) is 5.28. The summed E-state index contributed by atoms with van der Waals surface area (Å²) in [7, 11) is 0. The molecule has 0 unspecified atom stereocenters. The van der Waals surface area contributed by atoms with Crippen molar-refractivity contribution in [2.24, 2.45) is 0 Å². The van der Waals surface area contributed by atoms with Gasteiger partial charge in [-0.05, 0) is 72.0 Å². The second-order valence-corrected chi connectivity index (χ2v) is 7.14. The highest BCUT2D eigenvalue weighted by Gasteiger charge is 2.19. The first-order valence-electron chi connectivity index (χ1n) is 9.64. The number of aromatic nitrogens is 2. The molecule has 0 atom stereocenters. The fourth-order valence-electron chi connectivity index (χ4n) is 3.94. The molecule has 0 aliphatic carbocycles. The lowest BCUT2D eigenvalue weighted by Gasteiger charge is -2.17. The maximum Gasteiger partial charge on any atom is 0.180 e. The molecule has 2 aromatic heterocycles. The zero-order valence-corrected chi connectivity index (χ0v) is 16.7. The molecule has 4 heteroatoms. The lowest BCUT2D eigenvalue weighted by Crippen LogP contribution is -2.04. The Bertz CT molecular complexity index is 1230. The first-order chi connectivity index (χ1) is 14.0. The van der Waals surface area contributed by atoms with Crippen molar-refractivity contribution in [3.8, 4) is 22.3 Å². The Morgan fingerprint density at radius 3 is 2.41 bits per heavy atom. The molecule has 0 fully saturated rings. The Kier molecular flexibility index (Phi) is 4.93. The number of hydrogen-bond acceptors (Lipinski definition) is 3. The average Bonchev–Trinajstić information content (AvgIpc) is 2.73. The normalized spacial score (nSPS) is 11.0. The van der Waals surface area contributed by atoms with Gasteiger partial charge in [0.25, 0.3) is 0 Å². The van der Waals surface area contributed by atoms with E-state index in [-0.39, 0.29) is 11.6 Å². The summed E-state index contributed by atoms with van der Waals surface area (Å²) in [6, 6.07) is 14.3. The molecule has 0 bridgehead atoms. The van der Waals surface area contributed by atoms with Gasteiger partial charge in [0.2, 0.25) is 0 Å². The monoisotopic (exact) mass is 384 g/mol. The quantitative estimate of drug-likeness (QED) is 0.387. The van der Waals surface area contributed by atoms with Crippen molar-refractivity contribution in [3.05, 3.63) is 83.6 Å². The van der Waals surface area contributed by atoms with Crippen LogP contribution in [0.2, 0.25) is 0 Å². The van der Waals surface area contributed by atoms with Crippen molar-refractivity contribution >= 4 is 16.7 Å². The van der Waals surface area contributed by atoms with E-state index in [1.807, 2.05) is 32.0 Å². The summed E-state index contributed by atoms with van der Waals surface area (Å²) in [5.41, 5.74) is 6.42. The van der Waals surface area contributed by atoms with Crippen LogP contribution in [-0.2, 0) is 0 Å². The molecule has 144 valence electrons. The molecular weight excluding hydrogens is 363 g/mol. The highest BCUT2D eigenvalue weighted by molar-refractivity contribution is 6.05. The van der Waals surface area contributed by atoms with Gasteiger partial charge in [-0.25, -0.2) is 9.37 Å². The molecule has 2 aromatic carbocycles. The first-order valence-corrected chi connectivity index (χ1v) is 9.64. The Labute approximate surface area is 169 Å². The number of nitrogens with zero attached hydrogens (tertiary/aromatic N) is 2. The summed E-state index contributed by atoms with van der Waals surface area (Å²) in [4.78, 5) is 21.2. The van der Waals surface area contributed by atoms with Crippen molar-refractivity contribution < 1.29 is 9.18 Å². The molecule has 0 saturated carbocycles. The fourth-order valence-corrected chi connectivity index (χ4v) is 3.94. The third-order valence-corrected chi connectivity index (χ3v) is 5.28. The van der Waals surface area contributed by atoms with Crippen LogP contribution in [0.1, 0.15) is 35.0 Å². The number of carbonyl (C=O) groups excluding carboxylic acids is 1. The number of rotatable bonds is 4. The Morgan fingerprint density at radius 1 is 1.00 bits per heavy atom. The number of halogens is 1. The molecule has 0 aliphatic rings. The minimum Gasteiger partial charge on any atom is -0.292 e. The van der Waals surface area contributed by atoms with E-state index in [0.29, 0.717) is 28.8 Å². The van der Waals surface area contributed by atoms with Gasteiger partial charge in [0.1, 0.15) is 11.5 Å². The summed E-state index contributed by atoms with van der Waals surface area (Å²) in [5.74, 6) is -0.377. The van der Waals surface area contributed by atoms with Gasteiger partial charge >= 0.3 is 0 Å². The molecule has 0 aliphatic heterocycles. The van der Waals surface area contributed by atoms with Crippen molar-refractivity contribution in [1.29, 1.82) is 0 Å². The molecule has 0 saturated heterocycles. The molecule has 0 N–H and O–H groups in total. The maximum absolute atomic E-state index is 14.7. The Balaban J connectivity index is 2.13. The number of aryl methyl sites for hydroxylation is 2. The van der Waals surface area contributed by atoms with Gasteiger partial charge in [-0.3, -0.25) is 9.78 Å². The van der Waals surface area contributed by atoms with Gasteiger partial charge in [-0.1, -0.05) is 25.1 Å². The van der Waals surface area contributed by atoms with Gasteiger partial charge in [-0.15, -0.1) is 0 Å². The fraction of sp³-hybridized carbons (Fsp3) is 0.160. The molecule has 4 aromatic rings. The largest absolute Gasteiger partial charge is 0.292 e. The summed E-state index contributed by atoms with van der Waals surface area (Å²) >= 11 is 0. The van der Waals surface area contributed by atoms with Crippen LogP contribution in [0.3, 0.4) is 0 Å². The minimum atomic E-state index is -0.319. The first kappa shape index (κ1) is 18.9. The molecule has 0 radical (unpaired) electrons. The zero-order valence-electron chi connectivity index (χ0n) is 16.7. The van der Waals surface area contributed by atoms with Gasteiger partial charge in [0.05, 0.1) is 5.52 Å². The van der Waals surface area contributed by atoms with Crippen molar-refractivity contribution in [2.45, 2.75) is 27.2 Å². The Morgan fingerprint density at radius 2 is 1.72 bits per heavy atom. The number of ketones is 1. The van der Waals surface area contributed by atoms with Crippen molar-refractivity contribution in [2.75, 3.05) is 0 Å². The second kappa shape index (κ2) is 7.55. The van der Waals surface area contributed by atoms with E-state index in [1.165, 1.54) is 6.07 Å². The number of benzene rings is 2. The van der Waals surface area contributed by atoms with Crippen LogP contribution in [0.5, 0.6) is 0 Å². The van der Waals surface area contributed by atoms with E-state index in [1.54, 1.807) is 43.6 Å². The number of pyridine rings is 2. The lowest BCUT2D eigenvalue weighted by atomic mass is 9.88. The van der Waals surface area contributed by atoms with E-state index in [0.717, 1.165) is 27.6 Å². The maximum atomic E-state index is 14.7. The molecule has 0 amide bonds. The van der Waals surface area contributed by atoms with Gasteiger partial charge in [0.15, 0.2) is 5.78 Å². The highest BCUT2D eigenvalue weighted by atomic mass is 19.1. The summed E-state index contributed by atoms with van der Waals surface area (Å²) in [6.07, 6.45) is 3.87. The molecule has 29 heavy (non-hydrogen) atoms. The molecule has 4 rings (SSSR count). The van der Waals surface area contributed by atoms with E-state index in [2.05, 4.69) is 9.97 Å². The van der Waals surface area contributed by atoms with Gasteiger partial charge in [-0.2, -0.15) is 0 Å². The predicted molar refractivity (Wildman–Crippen MR) is 114 cm³/mol. The van der Waals surface area contributed by atoms with E-state index >= 15 is 0 Å². The number of fused-ring (bicyclic) bond motifs is 1. The van der Waals surface area contributed by atoms with Crippen LogP contribution in [0.4, 0.5) is 4.39 Å². The van der Waals surface area contributed by atoms with Crippen LogP contribution in [0.25, 0.3) is 33.2 Å². The van der Waals surface area contributed by atoms with Crippen LogP contribution in [-0.4, -0.2) is 15.8 Å². The highest BCUT2D eigenvalue weighted by Crippen LogP contribution is 2.38. The van der Waals surface area contributed by atoms with E-state index in [9.17, 15) is 9.18 Å².